The SMILES string of the molecule is CC(C)(C)OC(=O)N1CCC(Cc2ccsc2)(C(=O)O)C1. The topological polar surface area (TPSA) is 66.8 Å². The van der Waals surface area contributed by atoms with Gasteiger partial charge < -0.3 is 14.7 Å². The highest BCUT2D eigenvalue weighted by Crippen LogP contribution is 2.35. The first-order valence-corrected chi connectivity index (χ1v) is 7.89. The standard InChI is InChI=1S/C15H21NO4S/c1-14(2,3)20-13(19)16-6-5-15(10-16,12(17)18)8-11-4-7-21-9-11/h4,7,9H,5-6,8,10H2,1-3H3,(H,17,18). The van der Waals surface area contributed by atoms with E-state index in [1.165, 1.54) is 4.90 Å². The molecule has 1 fully saturated rings. The molecule has 2 heterocycles. The van der Waals surface area contributed by atoms with Crippen molar-refractivity contribution in [1.82, 2.24) is 4.90 Å². The second kappa shape index (κ2) is 5.67. The van der Waals surface area contributed by atoms with Gasteiger partial charge >= 0.3 is 12.1 Å². The molecule has 0 aliphatic carbocycles. The zero-order valence-corrected chi connectivity index (χ0v) is 13.4. The molecule has 1 atom stereocenters. The first-order chi connectivity index (χ1) is 9.72. The third kappa shape index (κ3) is 3.75. The third-order valence-electron chi connectivity index (χ3n) is 3.58. The van der Waals surface area contributed by atoms with E-state index >= 15 is 0 Å². The fraction of sp³-hybridized carbons (Fsp3) is 0.600. The van der Waals surface area contributed by atoms with Crippen molar-refractivity contribution in [2.45, 2.75) is 39.2 Å². The molecule has 116 valence electrons. The molecule has 0 aromatic carbocycles. The molecule has 0 spiro atoms. The number of carboxylic acid groups (broad SMARTS) is 1. The molecule has 0 radical (unpaired) electrons. The highest BCUT2D eigenvalue weighted by atomic mass is 32.1. The molecular formula is C15H21NO4S. The van der Waals surface area contributed by atoms with Crippen LogP contribution in [-0.4, -0.2) is 40.8 Å². The van der Waals surface area contributed by atoms with Crippen LogP contribution in [0.2, 0.25) is 0 Å². The molecule has 1 aromatic rings. The van der Waals surface area contributed by atoms with Gasteiger partial charge in [-0.3, -0.25) is 4.79 Å². The summed E-state index contributed by atoms with van der Waals surface area (Å²) in [5, 5.41) is 13.5. The second-order valence-electron chi connectivity index (χ2n) is 6.55. The van der Waals surface area contributed by atoms with E-state index in [1.54, 1.807) is 32.1 Å². The molecule has 6 heteroatoms. The number of likely N-dealkylation sites (tertiary alicyclic amines) is 1. The van der Waals surface area contributed by atoms with Crippen molar-refractivity contribution in [3.63, 3.8) is 0 Å². The van der Waals surface area contributed by atoms with Crippen molar-refractivity contribution >= 4 is 23.4 Å². The van der Waals surface area contributed by atoms with Gasteiger partial charge in [0.2, 0.25) is 0 Å². The number of carboxylic acids is 1. The van der Waals surface area contributed by atoms with Crippen LogP contribution in [0.4, 0.5) is 4.79 Å². The summed E-state index contributed by atoms with van der Waals surface area (Å²) in [4.78, 5) is 25.3. The molecule has 1 aliphatic heterocycles. The number of thiophene rings is 1. The van der Waals surface area contributed by atoms with Crippen LogP contribution in [0.3, 0.4) is 0 Å². The lowest BCUT2D eigenvalue weighted by Crippen LogP contribution is -2.40. The highest BCUT2D eigenvalue weighted by Gasteiger charge is 2.47. The largest absolute Gasteiger partial charge is 0.481 e. The summed E-state index contributed by atoms with van der Waals surface area (Å²) in [7, 11) is 0. The Balaban J connectivity index is 2.09. The monoisotopic (exact) mass is 311 g/mol. The van der Waals surface area contributed by atoms with Gasteiger partial charge in [-0.15, -0.1) is 0 Å². The first-order valence-electron chi connectivity index (χ1n) is 6.94. The van der Waals surface area contributed by atoms with Crippen LogP contribution in [0.1, 0.15) is 32.8 Å². The van der Waals surface area contributed by atoms with E-state index in [0.29, 0.717) is 19.4 Å². The fourth-order valence-electron chi connectivity index (χ4n) is 2.53. The Kier molecular flexibility index (Phi) is 4.27. The number of carbonyl (C=O) groups excluding carboxylic acids is 1. The van der Waals surface area contributed by atoms with Crippen molar-refractivity contribution < 1.29 is 19.4 Å². The lowest BCUT2D eigenvalue weighted by atomic mass is 9.81. The van der Waals surface area contributed by atoms with Crippen LogP contribution in [0.25, 0.3) is 0 Å². The van der Waals surface area contributed by atoms with Crippen molar-refractivity contribution in [2.75, 3.05) is 13.1 Å². The van der Waals surface area contributed by atoms with Crippen molar-refractivity contribution in [1.29, 1.82) is 0 Å². The predicted octanol–water partition coefficient (Wildman–Crippen LogP) is 3.00. The van der Waals surface area contributed by atoms with E-state index in [2.05, 4.69) is 0 Å². The number of hydrogen-bond donors (Lipinski definition) is 1. The summed E-state index contributed by atoms with van der Waals surface area (Å²) in [5.41, 5.74) is -0.467. The van der Waals surface area contributed by atoms with Crippen LogP contribution in [0.5, 0.6) is 0 Å². The Morgan fingerprint density at radius 1 is 1.48 bits per heavy atom. The maximum absolute atomic E-state index is 12.1. The summed E-state index contributed by atoms with van der Waals surface area (Å²) in [5.74, 6) is -0.847. The Labute approximate surface area is 128 Å². The van der Waals surface area contributed by atoms with Crippen LogP contribution in [0, 0.1) is 5.41 Å². The molecule has 1 aliphatic rings. The molecule has 1 N–H and O–H groups in total. The summed E-state index contributed by atoms with van der Waals surface area (Å²) in [6.45, 7) is 6.03. The smallest absolute Gasteiger partial charge is 0.410 e. The van der Waals surface area contributed by atoms with Gasteiger partial charge in [-0.1, -0.05) is 0 Å². The van der Waals surface area contributed by atoms with Crippen molar-refractivity contribution in [2.24, 2.45) is 5.41 Å². The Bertz CT molecular complexity index is 520. The number of ether oxygens (including phenoxy) is 1. The Morgan fingerprint density at radius 2 is 2.19 bits per heavy atom. The third-order valence-corrected chi connectivity index (χ3v) is 4.31. The van der Waals surface area contributed by atoms with Gasteiger partial charge in [-0.25, -0.2) is 4.79 Å². The number of rotatable bonds is 3. The molecule has 1 unspecified atom stereocenters. The van der Waals surface area contributed by atoms with Crippen LogP contribution >= 0.6 is 11.3 Å². The highest BCUT2D eigenvalue weighted by molar-refractivity contribution is 7.07. The quantitative estimate of drug-likeness (QED) is 0.932. The van der Waals surface area contributed by atoms with E-state index < -0.39 is 23.1 Å². The average Bonchev–Trinajstić information content (AvgIpc) is 2.97. The van der Waals surface area contributed by atoms with Gasteiger partial charge in [-0.2, -0.15) is 11.3 Å². The first kappa shape index (κ1) is 15.8. The van der Waals surface area contributed by atoms with E-state index in [4.69, 9.17) is 4.74 Å². The molecular weight excluding hydrogens is 290 g/mol. The minimum atomic E-state index is -0.905. The number of hydrogen-bond acceptors (Lipinski definition) is 4. The molecule has 1 saturated heterocycles. The molecule has 0 bridgehead atoms. The summed E-state index contributed by atoms with van der Waals surface area (Å²) < 4.78 is 5.33. The van der Waals surface area contributed by atoms with E-state index in [9.17, 15) is 14.7 Å². The van der Waals surface area contributed by atoms with E-state index in [0.717, 1.165) is 5.56 Å². The van der Waals surface area contributed by atoms with Crippen molar-refractivity contribution in [3.05, 3.63) is 22.4 Å². The summed E-state index contributed by atoms with van der Waals surface area (Å²) in [6, 6.07) is 1.94. The molecule has 21 heavy (non-hydrogen) atoms. The zero-order chi connectivity index (χ0) is 15.7. The fourth-order valence-corrected chi connectivity index (χ4v) is 3.20. The summed E-state index contributed by atoms with van der Waals surface area (Å²) in [6.07, 6.45) is 0.471. The van der Waals surface area contributed by atoms with Crippen molar-refractivity contribution in [3.8, 4) is 0 Å². The minimum absolute atomic E-state index is 0.201. The Hall–Kier alpha value is -1.56. The van der Waals surface area contributed by atoms with E-state index in [1.807, 2.05) is 16.8 Å². The van der Waals surface area contributed by atoms with Crippen LogP contribution in [0.15, 0.2) is 16.8 Å². The molecule has 0 saturated carbocycles. The summed E-state index contributed by atoms with van der Waals surface area (Å²) >= 11 is 1.55. The number of carbonyl (C=O) groups is 2. The second-order valence-corrected chi connectivity index (χ2v) is 7.33. The van der Waals surface area contributed by atoms with Gasteiger partial charge in [0.05, 0.1) is 5.41 Å². The normalized spacial score (nSPS) is 22.3. The predicted molar refractivity (Wildman–Crippen MR) is 80.5 cm³/mol. The maximum atomic E-state index is 12.1. The number of nitrogens with zero attached hydrogens (tertiary/aromatic N) is 1. The van der Waals surface area contributed by atoms with Gasteiger partial charge in [0.15, 0.2) is 0 Å². The minimum Gasteiger partial charge on any atom is -0.481 e. The van der Waals surface area contributed by atoms with Gasteiger partial charge in [0.1, 0.15) is 5.60 Å². The molecule has 1 amide bonds. The molecule has 5 nitrogen and oxygen atoms in total. The van der Waals surface area contributed by atoms with Crippen LogP contribution in [-0.2, 0) is 16.0 Å². The lowest BCUT2D eigenvalue weighted by molar-refractivity contribution is -0.148. The van der Waals surface area contributed by atoms with Gasteiger partial charge in [0, 0.05) is 13.1 Å². The molecule has 1 aromatic heterocycles. The molecule has 2 rings (SSSR count). The zero-order valence-electron chi connectivity index (χ0n) is 12.6. The van der Waals surface area contributed by atoms with Crippen LogP contribution < -0.4 is 0 Å². The van der Waals surface area contributed by atoms with Gasteiger partial charge in [0.25, 0.3) is 0 Å². The number of aliphatic carboxylic acids is 1. The van der Waals surface area contributed by atoms with E-state index in [-0.39, 0.29) is 6.54 Å². The average molecular weight is 311 g/mol. The Morgan fingerprint density at radius 3 is 2.71 bits per heavy atom. The van der Waals surface area contributed by atoms with Gasteiger partial charge in [-0.05, 0) is 56.0 Å². The number of amides is 1. The lowest BCUT2D eigenvalue weighted by Gasteiger charge is -2.27. The maximum Gasteiger partial charge on any atom is 0.410 e.